The molecule has 2 rings (SSSR count). The van der Waals surface area contributed by atoms with Crippen molar-refractivity contribution in [2.24, 2.45) is 5.92 Å². The molecule has 0 amide bonds. The van der Waals surface area contributed by atoms with Crippen LogP contribution >= 0.6 is 0 Å². The van der Waals surface area contributed by atoms with Crippen LogP contribution in [0.3, 0.4) is 0 Å². The molecule has 0 saturated heterocycles. The van der Waals surface area contributed by atoms with E-state index in [4.69, 9.17) is 0 Å². The van der Waals surface area contributed by atoms with Gasteiger partial charge in [-0.15, -0.1) is 0 Å². The van der Waals surface area contributed by atoms with Crippen LogP contribution in [0.4, 0.5) is 5.69 Å². The minimum Gasteiger partial charge on any atom is -0.385 e. The predicted molar refractivity (Wildman–Crippen MR) is 70.0 cm³/mol. The van der Waals surface area contributed by atoms with Crippen molar-refractivity contribution in [1.29, 1.82) is 0 Å². The first kappa shape index (κ1) is 12.4. The molecule has 0 bridgehead atoms. The molecule has 0 atom stereocenters. The Balaban J connectivity index is 2.01. The predicted octanol–water partition coefficient (Wildman–Crippen LogP) is 2.69. The largest absolute Gasteiger partial charge is 0.385 e. The van der Waals surface area contributed by atoms with E-state index in [2.05, 4.69) is 5.32 Å². The highest BCUT2D eigenvalue weighted by Gasteiger charge is 2.14. The molecule has 1 saturated carbocycles. The van der Waals surface area contributed by atoms with Crippen LogP contribution in [0.5, 0.6) is 0 Å². The van der Waals surface area contributed by atoms with Crippen LogP contribution in [0, 0.1) is 5.92 Å². The van der Waals surface area contributed by atoms with Gasteiger partial charge in [0.2, 0.25) is 0 Å². The van der Waals surface area contributed by atoms with Crippen LogP contribution in [0.1, 0.15) is 25.7 Å². The maximum absolute atomic E-state index is 11.4. The minimum atomic E-state index is -3.10. The lowest BCUT2D eigenvalue weighted by molar-refractivity contribution is 0.580. The third kappa shape index (κ3) is 3.46. The SMILES string of the molecule is CS(=O)(=O)c1cccc(NCC2CCCC2)c1. The quantitative estimate of drug-likeness (QED) is 0.897. The first-order valence-corrected chi connectivity index (χ1v) is 7.99. The Kier molecular flexibility index (Phi) is 3.72. The second kappa shape index (κ2) is 5.08. The lowest BCUT2D eigenvalue weighted by atomic mass is 10.1. The molecular formula is C13H19NO2S. The molecule has 0 aliphatic heterocycles. The summed E-state index contributed by atoms with van der Waals surface area (Å²) in [5.41, 5.74) is 0.903. The summed E-state index contributed by atoms with van der Waals surface area (Å²) in [6.45, 7) is 0.952. The molecule has 17 heavy (non-hydrogen) atoms. The van der Waals surface area contributed by atoms with E-state index in [1.54, 1.807) is 18.2 Å². The van der Waals surface area contributed by atoms with Gasteiger partial charge in [-0.1, -0.05) is 18.9 Å². The summed E-state index contributed by atoms with van der Waals surface area (Å²) >= 11 is 0. The normalized spacial score (nSPS) is 17.2. The second-order valence-corrected chi connectivity index (χ2v) is 6.85. The molecule has 1 aromatic carbocycles. The Morgan fingerprint density at radius 1 is 1.29 bits per heavy atom. The number of hydrogen-bond acceptors (Lipinski definition) is 3. The summed E-state index contributed by atoms with van der Waals surface area (Å²) in [5, 5.41) is 3.33. The summed E-state index contributed by atoms with van der Waals surface area (Å²) in [6.07, 6.45) is 6.48. The molecule has 1 aliphatic carbocycles. The van der Waals surface area contributed by atoms with Crippen molar-refractivity contribution in [3.8, 4) is 0 Å². The summed E-state index contributed by atoms with van der Waals surface area (Å²) in [4.78, 5) is 0.383. The number of sulfone groups is 1. The van der Waals surface area contributed by atoms with Gasteiger partial charge in [-0.2, -0.15) is 0 Å². The van der Waals surface area contributed by atoms with Gasteiger partial charge in [0.05, 0.1) is 4.90 Å². The van der Waals surface area contributed by atoms with Crippen molar-refractivity contribution in [3.05, 3.63) is 24.3 Å². The van der Waals surface area contributed by atoms with Crippen molar-refractivity contribution < 1.29 is 8.42 Å². The molecule has 0 unspecified atom stereocenters. The zero-order valence-electron chi connectivity index (χ0n) is 10.1. The fourth-order valence-electron chi connectivity index (χ4n) is 2.31. The molecule has 1 fully saturated rings. The zero-order valence-corrected chi connectivity index (χ0v) is 11.0. The molecular weight excluding hydrogens is 234 g/mol. The molecule has 3 nitrogen and oxygen atoms in total. The smallest absolute Gasteiger partial charge is 0.175 e. The van der Waals surface area contributed by atoms with Gasteiger partial charge in [0.25, 0.3) is 0 Å². The number of hydrogen-bond donors (Lipinski definition) is 1. The monoisotopic (exact) mass is 253 g/mol. The summed E-state index contributed by atoms with van der Waals surface area (Å²) in [6, 6.07) is 7.05. The van der Waals surface area contributed by atoms with Gasteiger partial charge < -0.3 is 5.32 Å². The molecule has 1 aliphatic rings. The van der Waals surface area contributed by atoms with E-state index in [0.29, 0.717) is 4.90 Å². The summed E-state index contributed by atoms with van der Waals surface area (Å²) in [5.74, 6) is 0.747. The zero-order chi connectivity index (χ0) is 12.3. The number of anilines is 1. The highest BCUT2D eigenvalue weighted by Crippen LogP contribution is 2.25. The van der Waals surface area contributed by atoms with Crippen LogP contribution in [0.25, 0.3) is 0 Å². The van der Waals surface area contributed by atoms with Crippen LogP contribution in [-0.2, 0) is 9.84 Å². The van der Waals surface area contributed by atoms with Crippen molar-refractivity contribution in [2.75, 3.05) is 18.1 Å². The van der Waals surface area contributed by atoms with Crippen LogP contribution in [0.15, 0.2) is 29.2 Å². The number of rotatable bonds is 4. The molecule has 1 N–H and O–H groups in total. The maximum Gasteiger partial charge on any atom is 0.175 e. The van der Waals surface area contributed by atoms with Crippen molar-refractivity contribution in [3.63, 3.8) is 0 Å². The molecule has 0 spiro atoms. The molecule has 0 aromatic heterocycles. The van der Waals surface area contributed by atoms with E-state index in [1.165, 1.54) is 31.9 Å². The fraction of sp³-hybridized carbons (Fsp3) is 0.538. The Labute approximate surface area is 103 Å². The second-order valence-electron chi connectivity index (χ2n) is 4.83. The van der Waals surface area contributed by atoms with Gasteiger partial charge in [0.15, 0.2) is 9.84 Å². The first-order valence-electron chi connectivity index (χ1n) is 6.10. The topological polar surface area (TPSA) is 46.2 Å². The highest BCUT2D eigenvalue weighted by molar-refractivity contribution is 7.90. The Morgan fingerprint density at radius 3 is 2.65 bits per heavy atom. The average molecular weight is 253 g/mol. The molecule has 1 aromatic rings. The van der Waals surface area contributed by atoms with Gasteiger partial charge in [-0.25, -0.2) is 8.42 Å². The number of benzene rings is 1. The molecule has 94 valence electrons. The lowest BCUT2D eigenvalue weighted by Gasteiger charge is -2.12. The molecule has 0 radical (unpaired) electrons. The average Bonchev–Trinajstić information content (AvgIpc) is 2.78. The van der Waals surface area contributed by atoms with Crippen LogP contribution in [0.2, 0.25) is 0 Å². The van der Waals surface area contributed by atoms with Gasteiger partial charge >= 0.3 is 0 Å². The van der Waals surface area contributed by atoms with E-state index in [9.17, 15) is 8.42 Å². The Morgan fingerprint density at radius 2 is 2.00 bits per heavy atom. The summed E-state index contributed by atoms with van der Waals surface area (Å²) < 4.78 is 22.8. The summed E-state index contributed by atoms with van der Waals surface area (Å²) in [7, 11) is -3.10. The van der Waals surface area contributed by atoms with Crippen LogP contribution in [-0.4, -0.2) is 21.2 Å². The highest BCUT2D eigenvalue weighted by atomic mass is 32.2. The van der Waals surface area contributed by atoms with Gasteiger partial charge in [-0.05, 0) is 37.0 Å². The fourth-order valence-corrected chi connectivity index (χ4v) is 2.98. The molecule has 0 heterocycles. The minimum absolute atomic E-state index is 0.383. The van der Waals surface area contributed by atoms with E-state index < -0.39 is 9.84 Å². The lowest BCUT2D eigenvalue weighted by Crippen LogP contribution is -2.11. The van der Waals surface area contributed by atoms with E-state index in [0.717, 1.165) is 18.2 Å². The van der Waals surface area contributed by atoms with Crippen molar-refractivity contribution in [1.82, 2.24) is 0 Å². The van der Waals surface area contributed by atoms with E-state index in [-0.39, 0.29) is 0 Å². The van der Waals surface area contributed by atoms with Crippen molar-refractivity contribution in [2.45, 2.75) is 30.6 Å². The van der Waals surface area contributed by atoms with Gasteiger partial charge in [-0.3, -0.25) is 0 Å². The van der Waals surface area contributed by atoms with Crippen molar-refractivity contribution >= 4 is 15.5 Å². The van der Waals surface area contributed by atoms with E-state index in [1.807, 2.05) is 6.07 Å². The Bertz CT molecular complexity index is 476. The van der Waals surface area contributed by atoms with E-state index >= 15 is 0 Å². The number of nitrogens with one attached hydrogen (secondary N) is 1. The standard InChI is InChI=1S/C13H19NO2S/c1-17(15,16)13-8-4-7-12(9-13)14-10-11-5-2-3-6-11/h4,7-9,11,14H,2-3,5-6,10H2,1H3. The first-order chi connectivity index (χ1) is 8.05. The third-order valence-electron chi connectivity index (χ3n) is 3.33. The molecule has 4 heteroatoms. The van der Waals surface area contributed by atoms with Gasteiger partial charge in [0, 0.05) is 18.5 Å². The maximum atomic E-state index is 11.4. The van der Waals surface area contributed by atoms with Crippen LogP contribution < -0.4 is 5.32 Å². The Hall–Kier alpha value is -1.03. The third-order valence-corrected chi connectivity index (χ3v) is 4.44. The van der Waals surface area contributed by atoms with Gasteiger partial charge in [0.1, 0.15) is 0 Å².